The molecular weight excluding hydrogens is 124 g/mol. The Kier molecular flexibility index (Phi) is 3.69. The van der Waals surface area contributed by atoms with Crippen molar-refractivity contribution in [1.29, 1.82) is 0 Å². The number of hydrogen-bond donors (Lipinski definition) is 1. The Morgan fingerprint density at radius 3 is 2.50 bits per heavy atom. The van der Waals surface area contributed by atoms with Crippen LogP contribution in [0, 0.1) is 5.92 Å². The van der Waals surface area contributed by atoms with Crippen molar-refractivity contribution in [2.24, 2.45) is 5.92 Å². The lowest BCUT2D eigenvalue weighted by molar-refractivity contribution is -0.140. The van der Waals surface area contributed by atoms with Crippen LogP contribution in [0.1, 0.15) is 6.92 Å². The van der Waals surface area contributed by atoms with E-state index in [1.807, 2.05) is 6.26 Å². The number of carboxylic acids is 1. The predicted octanol–water partition coefficient (Wildman–Crippen LogP) is 1.07. The summed E-state index contributed by atoms with van der Waals surface area (Å²) in [6, 6.07) is 0. The minimum Gasteiger partial charge on any atom is -0.481 e. The zero-order chi connectivity index (χ0) is 6.57. The molecule has 0 aromatic rings. The van der Waals surface area contributed by atoms with Crippen LogP contribution in [-0.4, -0.2) is 23.1 Å². The topological polar surface area (TPSA) is 37.3 Å². The van der Waals surface area contributed by atoms with E-state index in [4.69, 9.17) is 5.11 Å². The van der Waals surface area contributed by atoms with E-state index in [1.165, 1.54) is 0 Å². The molecule has 2 nitrogen and oxygen atoms in total. The molecule has 0 aromatic carbocycles. The molecule has 0 aromatic heterocycles. The third-order valence-corrected chi connectivity index (χ3v) is 1.67. The summed E-state index contributed by atoms with van der Waals surface area (Å²) in [5.74, 6) is -0.209. The summed E-state index contributed by atoms with van der Waals surface area (Å²) < 4.78 is 0. The fourth-order valence-corrected chi connectivity index (χ4v) is 0.964. The van der Waals surface area contributed by atoms with E-state index in [0.29, 0.717) is 5.75 Å². The monoisotopic (exact) mass is 134 g/mol. The van der Waals surface area contributed by atoms with Gasteiger partial charge >= 0.3 is 5.97 Å². The second kappa shape index (κ2) is 3.78. The van der Waals surface area contributed by atoms with Crippen LogP contribution in [0.4, 0.5) is 0 Å². The molecule has 0 saturated heterocycles. The first-order valence-electron chi connectivity index (χ1n) is 2.40. The minimum atomic E-state index is -0.709. The molecule has 8 heavy (non-hydrogen) atoms. The van der Waals surface area contributed by atoms with E-state index in [0.717, 1.165) is 0 Å². The maximum atomic E-state index is 10.1. The second-order valence-electron chi connectivity index (χ2n) is 1.69. The van der Waals surface area contributed by atoms with Crippen molar-refractivity contribution >= 4 is 17.7 Å². The standard InChI is InChI=1S/C5H10O2S/c1-4(3-8-2)5(6)7/h4H,3H2,1-2H3,(H,6,7)/t4-/m1/s1. The van der Waals surface area contributed by atoms with E-state index in [9.17, 15) is 4.79 Å². The lowest BCUT2D eigenvalue weighted by atomic mass is 10.2. The van der Waals surface area contributed by atoms with Crippen LogP contribution in [0.2, 0.25) is 0 Å². The van der Waals surface area contributed by atoms with Crippen LogP contribution in [-0.2, 0) is 4.79 Å². The summed E-state index contributed by atoms with van der Waals surface area (Å²) in [6.45, 7) is 1.71. The Labute approximate surface area is 53.3 Å². The van der Waals surface area contributed by atoms with Gasteiger partial charge in [-0.05, 0) is 6.26 Å². The summed E-state index contributed by atoms with van der Waals surface area (Å²) >= 11 is 1.56. The molecule has 0 radical (unpaired) electrons. The Hall–Kier alpha value is -0.180. The van der Waals surface area contributed by atoms with Gasteiger partial charge in [-0.2, -0.15) is 11.8 Å². The molecular formula is C5H10O2S. The van der Waals surface area contributed by atoms with E-state index in [2.05, 4.69) is 0 Å². The maximum absolute atomic E-state index is 10.1. The highest BCUT2D eigenvalue weighted by molar-refractivity contribution is 7.98. The molecule has 0 unspecified atom stereocenters. The molecule has 48 valence electrons. The third-order valence-electron chi connectivity index (χ3n) is 0.838. The molecule has 0 aliphatic rings. The average Bonchev–Trinajstić information content (AvgIpc) is 1.67. The first kappa shape index (κ1) is 7.82. The fourth-order valence-electron chi connectivity index (χ4n) is 0.321. The van der Waals surface area contributed by atoms with Gasteiger partial charge in [0.2, 0.25) is 0 Å². The van der Waals surface area contributed by atoms with Crippen LogP contribution in [0.5, 0.6) is 0 Å². The summed E-state index contributed by atoms with van der Waals surface area (Å²) in [6.07, 6.45) is 1.90. The Morgan fingerprint density at radius 1 is 1.88 bits per heavy atom. The van der Waals surface area contributed by atoms with Crippen molar-refractivity contribution in [2.75, 3.05) is 12.0 Å². The number of carboxylic acid groups (broad SMARTS) is 1. The molecule has 3 heteroatoms. The van der Waals surface area contributed by atoms with Crippen molar-refractivity contribution in [3.05, 3.63) is 0 Å². The number of rotatable bonds is 3. The van der Waals surface area contributed by atoms with Crippen molar-refractivity contribution < 1.29 is 9.90 Å². The normalized spacial score (nSPS) is 13.2. The van der Waals surface area contributed by atoms with Gasteiger partial charge in [0.05, 0.1) is 5.92 Å². The molecule has 1 N–H and O–H groups in total. The van der Waals surface area contributed by atoms with E-state index in [-0.39, 0.29) is 5.92 Å². The predicted molar refractivity (Wildman–Crippen MR) is 35.2 cm³/mol. The van der Waals surface area contributed by atoms with Gasteiger partial charge in [-0.15, -0.1) is 0 Å². The van der Waals surface area contributed by atoms with Gasteiger partial charge in [-0.1, -0.05) is 6.92 Å². The van der Waals surface area contributed by atoms with Gasteiger partial charge in [0, 0.05) is 5.75 Å². The number of thioether (sulfide) groups is 1. The summed E-state index contributed by atoms with van der Waals surface area (Å²) in [5, 5.41) is 8.30. The molecule has 0 heterocycles. The SMILES string of the molecule is CSC[C@@H](C)C(=O)O. The van der Waals surface area contributed by atoms with Crippen LogP contribution in [0.25, 0.3) is 0 Å². The molecule has 0 saturated carbocycles. The lowest BCUT2D eigenvalue weighted by Gasteiger charge is -1.99. The number of carbonyl (C=O) groups is 1. The fraction of sp³-hybridized carbons (Fsp3) is 0.800. The van der Waals surface area contributed by atoms with Crippen molar-refractivity contribution in [2.45, 2.75) is 6.92 Å². The number of aliphatic carboxylic acids is 1. The lowest BCUT2D eigenvalue weighted by Crippen LogP contribution is -2.11. The van der Waals surface area contributed by atoms with Crippen molar-refractivity contribution in [3.63, 3.8) is 0 Å². The Balaban J connectivity index is 3.32. The van der Waals surface area contributed by atoms with E-state index in [1.54, 1.807) is 18.7 Å². The maximum Gasteiger partial charge on any atom is 0.307 e. The highest BCUT2D eigenvalue weighted by Crippen LogP contribution is 2.02. The van der Waals surface area contributed by atoms with E-state index >= 15 is 0 Å². The summed E-state index contributed by atoms with van der Waals surface area (Å²) in [5.41, 5.74) is 0. The van der Waals surface area contributed by atoms with Gasteiger partial charge in [0.25, 0.3) is 0 Å². The van der Waals surface area contributed by atoms with Crippen LogP contribution in [0.15, 0.2) is 0 Å². The van der Waals surface area contributed by atoms with Gasteiger partial charge in [0.1, 0.15) is 0 Å². The van der Waals surface area contributed by atoms with Gasteiger partial charge in [-0.3, -0.25) is 4.79 Å². The molecule has 1 atom stereocenters. The molecule has 0 spiro atoms. The quantitative estimate of drug-likeness (QED) is 0.627. The zero-order valence-corrected chi connectivity index (χ0v) is 5.86. The molecule has 0 aliphatic carbocycles. The van der Waals surface area contributed by atoms with Gasteiger partial charge in [0.15, 0.2) is 0 Å². The Morgan fingerprint density at radius 2 is 2.38 bits per heavy atom. The molecule has 0 rings (SSSR count). The number of hydrogen-bond acceptors (Lipinski definition) is 2. The molecule has 0 bridgehead atoms. The molecule has 0 aliphatic heterocycles. The van der Waals surface area contributed by atoms with Gasteiger partial charge < -0.3 is 5.11 Å². The first-order chi connectivity index (χ1) is 3.68. The second-order valence-corrected chi connectivity index (χ2v) is 2.61. The average molecular weight is 134 g/mol. The van der Waals surface area contributed by atoms with Crippen molar-refractivity contribution in [1.82, 2.24) is 0 Å². The minimum absolute atomic E-state index is 0.204. The highest BCUT2D eigenvalue weighted by Gasteiger charge is 2.07. The largest absolute Gasteiger partial charge is 0.481 e. The van der Waals surface area contributed by atoms with Crippen LogP contribution in [0.3, 0.4) is 0 Å². The highest BCUT2D eigenvalue weighted by atomic mass is 32.2. The third kappa shape index (κ3) is 2.91. The van der Waals surface area contributed by atoms with Crippen LogP contribution >= 0.6 is 11.8 Å². The first-order valence-corrected chi connectivity index (χ1v) is 3.79. The van der Waals surface area contributed by atoms with Crippen LogP contribution < -0.4 is 0 Å². The Bertz CT molecular complexity index is 82.5. The zero-order valence-electron chi connectivity index (χ0n) is 5.05. The van der Waals surface area contributed by atoms with Crippen molar-refractivity contribution in [3.8, 4) is 0 Å². The summed E-state index contributed by atoms with van der Waals surface area (Å²) in [7, 11) is 0. The van der Waals surface area contributed by atoms with Gasteiger partial charge in [-0.25, -0.2) is 0 Å². The molecule has 0 amide bonds. The smallest absolute Gasteiger partial charge is 0.307 e. The summed E-state index contributed by atoms with van der Waals surface area (Å²) in [4.78, 5) is 10.1. The molecule has 0 fully saturated rings. The van der Waals surface area contributed by atoms with E-state index < -0.39 is 5.97 Å².